The molecule has 2 aliphatic rings. The van der Waals surface area contributed by atoms with E-state index in [4.69, 9.17) is 9.52 Å². The lowest BCUT2D eigenvalue weighted by molar-refractivity contribution is 0.0697. The van der Waals surface area contributed by atoms with E-state index < -0.39 is 5.97 Å². The Hall–Kier alpha value is -3.77. The van der Waals surface area contributed by atoms with Crippen LogP contribution >= 0.6 is 0 Å². The molecule has 0 amide bonds. The number of carboxylic acid groups (broad SMARTS) is 1. The first-order valence-electron chi connectivity index (χ1n) is 9.74. The molecule has 31 heavy (non-hydrogen) atoms. The van der Waals surface area contributed by atoms with E-state index in [2.05, 4.69) is 0 Å². The molecule has 0 bridgehead atoms. The van der Waals surface area contributed by atoms with Crippen LogP contribution in [-0.2, 0) is 0 Å². The van der Waals surface area contributed by atoms with Gasteiger partial charge in [0.2, 0.25) is 0 Å². The zero-order chi connectivity index (χ0) is 23.1. The lowest BCUT2D eigenvalue weighted by atomic mass is 9.89. The van der Waals surface area contributed by atoms with Crippen molar-refractivity contribution >= 4 is 22.7 Å². The summed E-state index contributed by atoms with van der Waals surface area (Å²) in [6, 6.07) is 16.3. The maximum absolute atomic E-state index is 11.9. The molecule has 0 unspecified atom stereocenters. The average molecular weight is 420 g/mol. The van der Waals surface area contributed by atoms with Gasteiger partial charge in [-0.1, -0.05) is 44.2 Å². The van der Waals surface area contributed by atoms with Crippen molar-refractivity contribution in [2.75, 3.05) is 7.11 Å². The van der Waals surface area contributed by atoms with Crippen molar-refractivity contribution in [1.82, 2.24) is 0 Å². The molecule has 0 saturated heterocycles. The lowest BCUT2D eigenvalue weighted by Crippen LogP contribution is -2.05. The van der Waals surface area contributed by atoms with Gasteiger partial charge in [-0.25, -0.2) is 4.79 Å². The molecule has 0 saturated carbocycles. The standard InChI is InChI=1S/C22H14O5.C2H6.CH4O/c1-12(23)13-6-8-15(18(10-13)22(25)26)21-16-4-2-3-5-19(16)27-20-11-14(24)7-9-17(20)21;2*1-2/h2-11H,1H3,(H,25,26);1-2H3;2H,1H3. The van der Waals surface area contributed by atoms with Crippen molar-refractivity contribution in [2.45, 2.75) is 20.8 Å². The number of hydrogen-bond donors (Lipinski definition) is 2. The van der Waals surface area contributed by atoms with Crippen LogP contribution in [0.3, 0.4) is 0 Å². The van der Waals surface area contributed by atoms with Gasteiger partial charge in [0.15, 0.2) is 11.2 Å². The summed E-state index contributed by atoms with van der Waals surface area (Å²) >= 11 is 0. The van der Waals surface area contributed by atoms with Crippen molar-refractivity contribution in [3.63, 3.8) is 0 Å². The number of aliphatic hydroxyl groups is 1. The SMILES string of the molecule is CC.CC(=O)c1ccc(-c2c3ccc(=O)cc-3oc3ccccc23)c(C(=O)O)c1.CO. The second kappa shape index (κ2) is 10.3. The molecule has 1 aliphatic heterocycles. The summed E-state index contributed by atoms with van der Waals surface area (Å²) in [5.74, 6) is -0.965. The third-order valence-corrected chi connectivity index (χ3v) is 4.52. The number of carbonyl (C=O) groups excluding carboxylic acids is 1. The number of benzene rings is 3. The molecule has 0 aromatic heterocycles. The van der Waals surface area contributed by atoms with E-state index >= 15 is 0 Å². The number of para-hydroxylation sites is 1. The molecule has 2 N–H and O–H groups in total. The lowest BCUT2D eigenvalue weighted by Gasteiger charge is -2.16. The van der Waals surface area contributed by atoms with Crippen molar-refractivity contribution < 1.29 is 24.2 Å². The molecule has 2 aromatic rings. The summed E-state index contributed by atoms with van der Waals surface area (Å²) in [5, 5.41) is 17.5. The molecule has 6 heteroatoms. The number of hydrogen-bond acceptors (Lipinski definition) is 5. The number of aliphatic hydroxyl groups excluding tert-OH is 1. The predicted molar refractivity (Wildman–Crippen MR) is 121 cm³/mol. The van der Waals surface area contributed by atoms with Crippen molar-refractivity contribution in [1.29, 1.82) is 0 Å². The molecular formula is C25H24O6. The van der Waals surface area contributed by atoms with Crippen LogP contribution in [0.4, 0.5) is 0 Å². The Morgan fingerprint density at radius 2 is 1.52 bits per heavy atom. The van der Waals surface area contributed by atoms with E-state index in [0.717, 1.165) is 12.5 Å². The van der Waals surface area contributed by atoms with Crippen LogP contribution in [0.1, 0.15) is 41.5 Å². The Balaban J connectivity index is 0.000000807. The predicted octanol–water partition coefficient (Wildman–Crippen LogP) is 5.10. The van der Waals surface area contributed by atoms with E-state index in [1.165, 1.54) is 25.1 Å². The number of Topliss-reactive ketones (excluding diaryl/α,β-unsaturated/α-hetero) is 1. The Bertz CT molecular complexity index is 1250. The molecular weight excluding hydrogens is 396 g/mol. The van der Waals surface area contributed by atoms with Crippen LogP contribution in [0.2, 0.25) is 0 Å². The fourth-order valence-corrected chi connectivity index (χ4v) is 3.27. The first-order chi connectivity index (χ1) is 15.0. The molecule has 1 aliphatic carbocycles. The molecule has 0 radical (unpaired) electrons. The monoisotopic (exact) mass is 420 g/mol. The van der Waals surface area contributed by atoms with Crippen LogP contribution in [0.5, 0.6) is 0 Å². The minimum Gasteiger partial charge on any atom is -0.478 e. The van der Waals surface area contributed by atoms with E-state index in [9.17, 15) is 19.5 Å². The van der Waals surface area contributed by atoms with Crippen LogP contribution < -0.4 is 5.43 Å². The normalized spacial score (nSPS) is 9.97. The van der Waals surface area contributed by atoms with E-state index in [0.29, 0.717) is 33.6 Å². The molecule has 1 heterocycles. The van der Waals surface area contributed by atoms with Gasteiger partial charge >= 0.3 is 5.97 Å². The summed E-state index contributed by atoms with van der Waals surface area (Å²) in [5.41, 5.74) is 2.43. The third-order valence-electron chi connectivity index (χ3n) is 4.52. The summed E-state index contributed by atoms with van der Waals surface area (Å²) in [7, 11) is 1.00. The van der Waals surface area contributed by atoms with Crippen molar-refractivity contribution in [3.05, 3.63) is 82.0 Å². The smallest absolute Gasteiger partial charge is 0.336 e. The first kappa shape index (κ1) is 23.5. The second-order valence-electron chi connectivity index (χ2n) is 6.25. The highest BCUT2D eigenvalue weighted by atomic mass is 16.4. The zero-order valence-electron chi connectivity index (χ0n) is 17.8. The van der Waals surface area contributed by atoms with E-state index in [-0.39, 0.29) is 16.8 Å². The van der Waals surface area contributed by atoms with Gasteiger partial charge in [0.05, 0.1) is 5.56 Å². The number of ketones is 1. The highest BCUT2D eigenvalue weighted by molar-refractivity contribution is 6.08. The summed E-state index contributed by atoms with van der Waals surface area (Å²) in [6.07, 6.45) is 0. The van der Waals surface area contributed by atoms with Crippen LogP contribution in [-0.4, -0.2) is 29.1 Å². The Kier molecular flexibility index (Phi) is 7.82. The highest BCUT2D eigenvalue weighted by Gasteiger charge is 2.22. The molecule has 4 rings (SSSR count). The second-order valence-corrected chi connectivity index (χ2v) is 6.25. The Morgan fingerprint density at radius 3 is 2.16 bits per heavy atom. The van der Waals surface area contributed by atoms with E-state index in [1.807, 2.05) is 26.0 Å². The molecule has 160 valence electrons. The quantitative estimate of drug-likeness (QED) is 0.353. The van der Waals surface area contributed by atoms with Gasteiger partial charge in [-0.05, 0) is 36.8 Å². The molecule has 0 spiro atoms. The van der Waals surface area contributed by atoms with Gasteiger partial charge in [-0.2, -0.15) is 0 Å². The van der Waals surface area contributed by atoms with Crippen LogP contribution in [0.15, 0.2) is 69.9 Å². The first-order valence-corrected chi connectivity index (χ1v) is 9.74. The van der Waals surface area contributed by atoms with Crippen LogP contribution in [0, 0.1) is 0 Å². The minimum absolute atomic E-state index is 0.0200. The molecule has 0 fully saturated rings. The fourth-order valence-electron chi connectivity index (χ4n) is 3.27. The Labute approximate surface area is 179 Å². The maximum Gasteiger partial charge on any atom is 0.336 e. The largest absolute Gasteiger partial charge is 0.478 e. The van der Waals surface area contributed by atoms with Crippen molar-refractivity contribution in [3.8, 4) is 22.5 Å². The summed E-state index contributed by atoms with van der Waals surface area (Å²) < 4.78 is 5.85. The van der Waals surface area contributed by atoms with Gasteiger partial charge in [0.1, 0.15) is 11.3 Å². The van der Waals surface area contributed by atoms with Gasteiger partial charge in [-0.3, -0.25) is 9.59 Å². The highest BCUT2D eigenvalue weighted by Crippen LogP contribution is 2.41. The zero-order valence-corrected chi connectivity index (χ0v) is 17.8. The number of aromatic carboxylic acids is 1. The number of carbonyl (C=O) groups is 2. The molecule has 2 aromatic carbocycles. The maximum atomic E-state index is 11.9. The summed E-state index contributed by atoms with van der Waals surface area (Å²) in [4.78, 5) is 35.4. The molecule has 0 atom stereocenters. The fraction of sp³-hybridized carbons (Fsp3) is 0.160. The third kappa shape index (κ3) is 4.70. The Morgan fingerprint density at radius 1 is 0.871 bits per heavy atom. The van der Waals surface area contributed by atoms with Gasteiger partial charge in [-0.15, -0.1) is 0 Å². The number of carboxylic acids is 1. The topological polar surface area (TPSA) is 105 Å². The minimum atomic E-state index is -1.13. The van der Waals surface area contributed by atoms with Crippen molar-refractivity contribution in [2.24, 2.45) is 0 Å². The van der Waals surface area contributed by atoms with E-state index in [1.54, 1.807) is 30.3 Å². The van der Waals surface area contributed by atoms with Gasteiger partial charge < -0.3 is 14.6 Å². The van der Waals surface area contributed by atoms with Gasteiger partial charge in [0.25, 0.3) is 0 Å². The van der Waals surface area contributed by atoms with Gasteiger partial charge in [0, 0.05) is 35.3 Å². The number of fused-ring (bicyclic) bond motifs is 2. The number of rotatable bonds is 3. The van der Waals surface area contributed by atoms with Crippen LogP contribution in [0.25, 0.3) is 33.4 Å². The summed E-state index contributed by atoms with van der Waals surface area (Å²) in [6.45, 7) is 5.39. The average Bonchev–Trinajstić information content (AvgIpc) is 2.79. The molecule has 6 nitrogen and oxygen atoms in total.